The van der Waals surface area contributed by atoms with Gasteiger partial charge in [0.15, 0.2) is 5.78 Å². The van der Waals surface area contributed by atoms with Crippen molar-refractivity contribution in [3.05, 3.63) is 22.9 Å². The highest BCUT2D eigenvalue weighted by molar-refractivity contribution is 8.03. The fourth-order valence-corrected chi connectivity index (χ4v) is 2.60. The number of ketones is 1. The first-order valence-corrected chi connectivity index (χ1v) is 4.51. The van der Waals surface area contributed by atoms with E-state index in [1.165, 1.54) is 6.08 Å². The van der Waals surface area contributed by atoms with Crippen LogP contribution in [0.4, 0.5) is 4.39 Å². The molecule has 4 heteroatoms. The number of carbonyl (C=O) groups excluding carboxylic acids is 1. The van der Waals surface area contributed by atoms with Crippen LogP contribution in [0, 0.1) is 5.92 Å². The molecule has 0 aromatic heterocycles. The Hall–Kier alpha value is -0.280. The molecule has 0 radical (unpaired) electrons. The highest BCUT2D eigenvalue weighted by Crippen LogP contribution is 2.40. The van der Waals surface area contributed by atoms with Crippen LogP contribution in [-0.2, 0) is 4.79 Å². The van der Waals surface area contributed by atoms with E-state index in [0.29, 0.717) is 0 Å². The Morgan fingerprint density at radius 3 is 3.00 bits per heavy atom. The third kappa shape index (κ3) is 1.57. The molecule has 1 nitrogen and oxygen atoms in total. The topological polar surface area (TPSA) is 17.1 Å². The summed E-state index contributed by atoms with van der Waals surface area (Å²) in [4.78, 5) is 12.0. The van der Waals surface area contributed by atoms with Gasteiger partial charge in [0, 0.05) is 6.08 Å². The van der Waals surface area contributed by atoms with E-state index in [0.717, 1.165) is 23.2 Å². The molecule has 1 aliphatic heterocycles. The molecule has 0 N–H and O–H groups in total. The Morgan fingerprint density at radius 1 is 1.50 bits per heavy atom. The monoisotopic (exact) mass is 206 g/mol. The summed E-state index contributed by atoms with van der Waals surface area (Å²) in [5.41, 5.74) is 0. The zero-order valence-electron chi connectivity index (χ0n) is 6.25. The summed E-state index contributed by atoms with van der Waals surface area (Å²) in [5, 5.41) is 0. The van der Waals surface area contributed by atoms with Crippen LogP contribution in [0.5, 0.6) is 0 Å². The average Bonchev–Trinajstić information content (AvgIpc) is 2.34. The molecular weight excluding hydrogens is 199 g/mol. The van der Waals surface area contributed by atoms with Crippen LogP contribution in [0.3, 0.4) is 0 Å². The maximum Gasteiger partial charge on any atom is 0.166 e. The smallest absolute Gasteiger partial charge is 0.166 e. The van der Waals surface area contributed by atoms with Crippen molar-refractivity contribution in [3.63, 3.8) is 0 Å². The molecule has 0 amide bonds. The van der Waals surface area contributed by atoms with Gasteiger partial charge in [-0.2, -0.15) is 0 Å². The molecule has 0 spiro atoms. The Bertz CT molecular complexity index is 272. The molecule has 0 bridgehead atoms. The van der Waals surface area contributed by atoms with E-state index in [4.69, 9.17) is 0 Å². The van der Waals surface area contributed by atoms with Gasteiger partial charge in [-0.25, -0.2) is 4.39 Å². The first kappa shape index (κ1) is 9.81. The Balaban J connectivity index is 0.000000720. The summed E-state index contributed by atoms with van der Waals surface area (Å²) in [6.07, 6.45) is 3.45. The summed E-state index contributed by atoms with van der Waals surface area (Å²) >= 11 is 1.59. The highest BCUT2D eigenvalue weighted by atomic mass is 35.5. The number of hydrogen-bond donors (Lipinski definition) is 0. The number of hydrogen-bond acceptors (Lipinski definition) is 2. The summed E-state index contributed by atoms with van der Waals surface area (Å²) in [7, 11) is 0. The third-order valence-corrected chi connectivity index (χ3v) is 3.10. The lowest BCUT2D eigenvalue weighted by atomic mass is 9.96. The number of carbonyl (C=O) groups is 1. The molecule has 66 valence electrons. The number of fused-ring (bicyclic) bond motifs is 1. The second kappa shape index (κ2) is 3.62. The van der Waals surface area contributed by atoms with Crippen LogP contribution < -0.4 is 0 Å². The molecule has 1 aliphatic carbocycles. The van der Waals surface area contributed by atoms with E-state index in [9.17, 15) is 9.18 Å². The number of thioether (sulfide) groups is 1. The minimum absolute atomic E-state index is 0. The van der Waals surface area contributed by atoms with Gasteiger partial charge in [-0.15, -0.1) is 24.2 Å². The molecule has 0 aromatic carbocycles. The van der Waals surface area contributed by atoms with Gasteiger partial charge in [0.1, 0.15) is 5.83 Å². The fourth-order valence-electron chi connectivity index (χ4n) is 1.38. The van der Waals surface area contributed by atoms with Gasteiger partial charge in [-0.1, -0.05) is 0 Å². The molecule has 0 aromatic rings. The minimum Gasteiger partial charge on any atom is -0.294 e. The third-order valence-electron chi connectivity index (χ3n) is 1.92. The maximum atomic E-state index is 12.6. The molecule has 1 unspecified atom stereocenters. The van der Waals surface area contributed by atoms with Gasteiger partial charge in [0.2, 0.25) is 0 Å². The predicted molar refractivity (Wildman–Crippen MR) is 50.1 cm³/mol. The predicted octanol–water partition coefficient (Wildman–Crippen LogP) is 2.48. The van der Waals surface area contributed by atoms with E-state index < -0.39 is 5.83 Å². The van der Waals surface area contributed by atoms with Gasteiger partial charge in [0.25, 0.3) is 0 Å². The normalized spacial score (nSPS) is 27.1. The zero-order valence-corrected chi connectivity index (χ0v) is 7.88. The zero-order chi connectivity index (χ0) is 7.84. The molecule has 1 atom stereocenters. The van der Waals surface area contributed by atoms with E-state index >= 15 is 0 Å². The van der Waals surface area contributed by atoms with Gasteiger partial charge in [0.05, 0.1) is 5.92 Å². The van der Waals surface area contributed by atoms with Gasteiger partial charge in [-0.05, 0) is 23.2 Å². The van der Waals surface area contributed by atoms with Crippen LogP contribution in [0.1, 0.15) is 6.42 Å². The SMILES string of the molecule is Cl.O=C1C=C(F)C=C2SCCC12. The Kier molecular flexibility index (Phi) is 2.96. The first-order valence-electron chi connectivity index (χ1n) is 3.53. The number of halogens is 2. The van der Waals surface area contributed by atoms with E-state index in [2.05, 4.69) is 0 Å². The molecule has 1 heterocycles. The molecule has 1 fully saturated rings. The molecule has 2 aliphatic rings. The van der Waals surface area contributed by atoms with Crippen molar-refractivity contribution in [1.29, 1.82) is 0 Å². The van der Waals surface area contributed by atoms with E-state index in [1.54, 1.807) is 11.8 Å². The standard InChI is InChI=1S/C8H7FOS.ClH/c9-5-3-7(10)6-1-2-11-8(6)4-5;/h3-4,6H,1-2H2;1H. The van der Waals surface area contributed by atoms with E-state index in [1.807, 2.05) is 0 Å². The maximum absolute atomic E-state index is 12.6. The quantitative estimate of drug-likeness (QED) is 0.606. The molecule has 0 saturated carbocycles. The largest absolute Gasteiger partial charge is 0.294 e. The second-order valence-electron chi connectivity index (χ2n) is 2.67. The van der Waals surface area contributed by atoms with Gasteiger partial charge < -0.3 is 0 Å². The lowest BCUT2D eigenvalue weighted by molar-refractivity contribution is -0.117. The van der Waals surface area contributed by atoms with Crippen LogP contribution in [0.2, 0.25) is 0 Å². The number of allylic oxidation sites excluding steroid dienone is 4. The van der Waals surface area contributed by atoms with Crippen LogP contribution in [0.15, 0.2) is 22.9 Å². The van der Waals surface area contributed by atoms with Crippen molar-refractivity contribution in [3.8, 4) is 0 Å². The minimum atomic E-state index is -0.393. The Morgan fingerprint density at radius 2 is 2.25 bits per heavy atom. The molecule has 2 rings (SSSR count). The van der Waals surface area contributed by atoms with Crippen molar-refractivity contribution >= 4 is 30.0 Å². The van der Waals surface area contributed by atoms with Crippen LogP contribution in [0.25, 0.3) is 0 Å². The van der Waals surface area contributed by atoms with Gasteiger partial charge in [-0.3, -0.25) is 4.79 Å². The fraction of sp³-hybridized carbons (Fsp3) is 0.375. The second-order valence-corrected chi connectivity index (χ2v) is 3.84. The van der Waals surface area contributed by atoms with Crippen molar-refractivity contribution in [2.45, 2.75) is 6.42 Å². The molecule has 1 saturated heterocycles. The highest BCUT2D eigenvalue weighted by Gasteiger charge is 2.30. The summed E-state index contributed by atoms with van der Waals surface area (Å²) in [6, 6.07) is 0. The van der Waals surface area contributed by atoms with Crippen LogP contribution in [-0.4, -0.2) is 11.5 Å². The summed E-state index contributed by atoms with van der Waals surface area (Å²) < 4.78 is 12.6. The van der Waals surface area contributed by atoms with Crippen molar-refractivity contribution in [2.24, 2.45) is 5.92 Å². The average molecular weight is 207 g/mol. The molecule has 12 heavy (non-hydrogen) atoms. The van der Waals surface area contributed by atoms with Gasteiger partial charge >= 0.3 is 0 Å². The summed E-state index contributed by atoms with van der Waals surface area (Å²) in [5.74, 6) is 0.476. The molecular formula is C8H8ClFOS. The Labute approximate surface area is 80.5 Å². The number of rotatable bonds is 0. The lowest BCUT2D eigenvalue weighted by Crippen LogP contribution is -2.12. The van der Waals surface area contributed by atoms with E-state index in [-0.39, 0.29) is 24.1 Å². The summed E-state index contributed by atoms with van der Waals surface area (Å²) in [6.45, 7) is 0. The van der Waals surface area contributed by atoms with Crippen molar-refractivity contribution in [2.75, 3.05) is 5.75 Å². The van der Waals surface area contributed by atoms with Crippen molar-refractivity contribution in [1.82, 2.24) is 0 Å². The lowest BCUT2D eigenvalue weighted by Gasteiger charge is -2.10. The van der Waals surface area contributed by atoms with Crippen molar-refractivity contribution < 1.29 is 9.18 Å². The first-order chi connectivity index (χ1) is 5.27. The van der Waals surface area contributed by atoms with Crippen LogP contribution >= 0.6 is 24.2 Å².